The van der Waals surface area contributed by atoms with Crippen LogP contribution in [0.2, 0.25) is 0 Å². The van der Waals surface area contributed by atoms with Crippen molar-refractivity contribution in [2.45, 2.75) is 12.3 Å². The van der Waals surface area contributed by atoms with Crippen molar-refractivity contribution < 1.29 is 4.39 Å². The summed E-state index contributed by atoms with van der Waals surface area (Å²) in [6.45, 7) is 1.86. The fraction of sp³-hybridized carbons (Fsp3) is 0.133. The minimum Gasteiger partial charge on any atom is -0.295 e. The number of benzene rings is 2. The molecule has 3 aromatic rings. The monoisotopic (exact) mass is 274 g/mol. The number of nitrogens with zero attached hydrogens (tertiary/aromatic N) is 2. The van der Waals surface area contributed by atoms with Crippen LogP contribution in [0, 0.1) is 5.82 Å². The largest absolute Gasteiger partial charge is 0.295 e. The first-order valence-corrected chi connectivity index (χ1v) is 6.48. The third-order valence-corrected chi connectivity index (χ3v) is 3.21. The van der Waals surface area contributed by atoms with E-state index < -0.39 is 0 Å². The van der Waals surface area contributed by atoms with Crippen LogP contribution in [-0.4, -0.2) is 9.55 Å². The molecule has 0 fully saturated rings. The lowest BCUT2D eigenvalue weighted by Crippen LogP contribution is -2.01. The van der Waals surface area contributed by atoms with E-state index in [1.165, 1.54) is 12.1 Å². The van der Waals surface area contributed by atoms with E-state index in [1.54, 1.807) is 6.07 Å². The summed E-state index contributed by atoms with van der Waals surface area (Å²) in [5.74, 6) is 0.437. The number of rotatable bonds is 2. The van der Waals surface area contributed by atoms with E-state index in [1.807, 2.05) is 41.8 Å². The van der Waals surface area contributed by atoms with Crippen molar-refractivity contribution in [3.63, 3.8) is 0 Å². The molecule has 0 N–H and O–H groups in total. The molecule has 1 atom stereocenters. The van der Waals surface area contributed by atoms with Crippen LogP contribution in [0.5, 0.6) is 0 Å². The van der Waals surface area contributed by atoms with Gasteiger partial charge in [-0.15, -0.1) is 11.6 Å². The van der Waals surface area contributed by atoms with Gasteiger partial charge in [0.15, 0.2) is 0 Å². The molecule has 0 spiro atoms. The second kappa shape index (κ2) is 4.67. The quantitative estimate of drug-likeness (QED) is 0.631. The number of alkyl halides is 1. The highest BCUT2D eigenvalue weighted by atomic mass is 35.5. The van der Waals surface area contributed by atoms with Crippen LogP contribution in [0.25, 0.3) is 16.7 Å². The molecule has 2 nitrogen and oxygen atoms in total. The van der Waals surface area contributed by atoms with Crippen molar-refractivity contribution in [3.8, 4) is 5.69 Å². The Hall–Kier alpha value is -1.87. The van der Waals surface area contributed by atoms with E-state index in [0.29, 0.717) is 5.82 Å². The Morgan fingerprint density at radius 3 is 2.58 bits per heavy atom. The number of fused-ring (bicyclic) bond motifs is 1. The molecule has 0 saturated carbocycles. The zero-order valence-electron chi connectivity index (χ0n) is 10.3. The van der Waals surface area contributed by atoms with E-state index in [-0.39, 0.29) is 11.2 Å². The molecule has 19 heavy (non-hydrogen) atoms. The zero-order chi connectivity index (χ0) is 13.4. The summed E-state index contributed by atoms with van der Waals surface area (Å²) in [5.41, 5.74) is 2.40. The van der Waals surface area contributed by atoms with Gasteiger partial charge in [0.2, 0.25) is 0 Å². The zero-order valence-corrected chi connectivity index (χ0v) is 11.1. The van der Waals surface area contributed by atoms with Crippen LogP contribution in [0.4, 0.5) is 4.39 Å². The number of halogens is 2. The molecule has 4 heteroatoms. The van der Waals surface area contributed by atoms with Crippen molar-refractivity contribution in [1.82, 2.24) is 9.55 Å². The highest BCUT2D eigenvalue weighted by molar-refractivity contribution is 6.20. The van der Waals surface area contributed by atoms with Gasteiger partial charge in [0.25, 0.3) is 0 Å². The molecule has 3 rings (SSSR count). The van der Waals surface area contributed by atoms with Crippen LogP contribution in [-0.2, 0) is 0 Å². The van der Waals surface area contributed by atoms with Gasteiger partial charge in [0.05, 0.1) is 16.4 Å². The summed E-state index contributed by atoms with van der Waals surface area (Å²) in [4.78, 5) is 4.49. The lowest BCUT2D eigenvalue weighted by atomic mass is 10.2. The average molecular weight is 275 g/mol. The van der Waals surface area contributed by atoms with Crippen molar-refractivity contribution >= 4 is 22.6 Å². The Morgan fingerprint density at radius 1 is 1.16 bits per heavy atom. The van der Waals surface area contributed by atoms with Gasteiger partial charge in [0.1, 0.15) is 11.6 Å². The molecule has 0 amide bonds. The van der Waals surface area contributed by atoms with Gasteiger partial charge in [-0.3, -0.25) is 4.57 Å². The molecule has 1 unspecified atom stereocenters. The molecule has 0 bridgehead atoms. The Labute approximate surface area is 115 Å². The SMILES string of the molecule is CC(Cl)c1nc2ccc(F)cc2n1-c1ccccc1. The standard InChI is InChI=1S/C15H12ClFN2/c1-10(16)15-18-13-8-7-11(17)9-14(13)19(15)12-5-3-2-4-6-12/h2-10H,1H3. The van der Waals surface area contributed by atoms with E-state index in [2.05, 4.69) is 4.98 Å². The van der Waals surface area contributed by atoms with Crippen LogP contribution >= 0.6 is 11.6 Å². The van der Waals surface area contributed by atoms with Gasteiger partial charge < -0.3 is 0 Å². The molecule has 1 aromatic heterocycles. The topological polar surface area (TPSA) is 17.8 Å². The number of para-hydroxylation sites is 1. The minimum absolute atomic E-state index is 0.254. The predicted octanol–water partition coefficient (Wildman–Crippen LogP) is 4.46. The summed E-state index contributed by atoms with van der Waals surface area (Å²) in [6, 6.07) is 14.3. The van der Waals surface area contributed by atoms with Crippen LogP contribution < -0.4 is 0 Å². The summed E-state index contributed by atoms with van der Waals surface area (Å²) in [5, 5.41) is -0.254. The van der Waals surface area contributed by atoms with E-state index in [0.717, 1.165) is 16.7 Å². The number of hydrogen-bond acceptors (Lipinski definition) is 1. The first-order chi connectivity index (χ1) is 9.16. The van der Waals surface area contributed by atoms with Gasteiger partial charge in [-0.05, 0) is 31.2 Å². The molecule has 1 heterocycles. The Balaban J connectivity index is 2.36. The van der Waals surface area contributed by atoms with Crippen molar-refractivity contribution in [1.29, 1.82) is 0 Å². The maximum atomic E-state index is 13.5. The maximum Gasteiger partial charge on any atom is 0.132 e. The lowest BCUT2D eigenvalue weighted by Gasteiger charge is -2.10. The third-order valence-electron chi connectivity index (χ3n) is 3.01. The van der Waals surface area contributed by atoms with Crippen molar-refractivity contribution in [3.05, 3.63) is 60.2 Å². The molecule has 0 aliphatic rings. The van der Waals surface area contributed by atoms with Gasteiger partial charge in [-0.25, -0.2) is 9.37 Å². The second-order valence-corrected chi connectivity index (χ2v) is 5.04. The smallest absolute Gasteiger partial charge is 0.132 e. The average Bonchev–Trinajstić information content (AvgIpc) is 2.78. The fourth-order valence-electron chi connectivity index (χ4n) is 2.18. The Morgan fingerprint density at radius 2 is 1.89 bits per heavy atom. The molecule has 0 aliphatic carbocycles. The first kappa shape index (κ1) is 12.2. The van der Waals surface area contributed by atoms with E-state index in [4.69, 9.17) is 11.6 Å². The maximum absolute atomic E-state index is 13.5. The van der Waals surface area contributed by atoms with Gasteiger partial charge in [-0.1, -0.05) is 18.2 Å². The Bertz CT molecular complexity index is 720. The predicted molar refractivity (Wildman–Crippen MR) is 75.3 cm³/mol. The molecule has 0 aliphatic heterocycles. The molecular formula is C15H12ClFN2. The summed E-state index contributed by atoms with van der Waals surface area (Å²) < 4.78 is 15.4. The molecule has 2 aromatic carbocycles. The molecule has 0 radical (unpaired) electrons. The second-order valence-electron chi connectivity index (χ2n) is 4.39. The van der Waals surface area contributed by atoms with Crippen molar-refractivity contribution in [2.24, 2.45) is 0 Å². The Kier molecular flexibility index (Phi) is 2.99. The lowest BCUT2D eigenvalue weighted by molar-refractivity contribution is 0.629. The summed E-state index contributed by atoms with van der Waals surface area (Å²) in [7, 11) is 0. The fourth-order valence-corrected chi connectivity index (χ4v) is 2.33. The van der Waals surface area contributed by atoms with Gasteiger partial charge >= 0.3 is 0 Å². The number of hydrogen-bond donors (Lipinski definition) is 0. The molecular weight excluding hydrogens is 263 g/mol. The number of aromatic nitrogens is 2. The van der Waals surface area contributed by atoms with Crippen molar-refractivity contribution in [2.75, 3.05) is 0 Å². The summed E-state index contributed by atoms with van der Waals surface area (Å²) >= 11 is 6.19. The normalized spacial score (nSPS) is 12.8. The highest BCUT2D eigenvalue weighted by Crippen LogP contribution is 2.28. The summed E-state index contributed by atoms with van der Waals surface area (Å²) in [6.07, 6.45) is 0. The minimum atomic E-state index is -0.279. The van der Waals surface area contributed by atoms with Gasteiger partial charge in [-0.2, -0.15) is 0 Å². The van der Waals surface area contributed by atoms with Gasteiger partial charge in [0, 0.05) is 11.8 Å². The number of imidazole rings is 1. The van der Waals surface area contributed by atoms with Crippen LogP contribution in [0.15, 0.2) is 48.5 Å². The third kappa shape index (κ3) is 2.10. The van der Waals surface area contributed by atoms with Crippen LogP contribution in [0.1, 0.15) is 18.1 Å². The van der Waals surface area contributed by atoms with Crippen LogP contribution in [0.3, 0.4) is 0 Å². The molecule has 96 valence electrons. The van der Waals surface area contributed by atoms with E-state index in [9.17, 15) is 4.39 Å². The first-order valence-electron chi connectivity index (χ1n) is 6.04. The molecule has 0 saturated heterocycles. The van der Waals surface area contributed by atoms with E-state index >= 15 is 0 Å². The highest BCUT2D eigenvalue weighted by Gasteiger charge is 2.16.